The molecule has 0 fully saturated rings. The van der Waals surface area contributed by atoms with Crippen molar-refractivity contribution < 1.29 is 13.2 Å². The molecule has 0 saturated carbocycles. The number of carbonyl (C=O) groups is 1. The van der Waals surface area contributed by atoms with Crippen molar-refractivity contribution in [1.82, 2.24) is 10.3 Å². The van der Waals surface area contributed by atoms with Gasteiger partial charge in [0.25, 0.3) is 5.91 Å². The number of hydrogen-bond donors (Lipinski definition) is 2. The van der Waals surface area contributed by atoms with Crippen molar-refractivity contribution in [2.24, 2.45) is 0 Å². The van der Waals surface area contributed by atoms with Crippen LogP contribution in [0.4, 0.5) is 5.13 Å². The summed E-state index contributed by atoms with van der Waals surface area (Å²) in [5, 5.41) is 2.49. The van der Waals surface area contributed by atoms with E-state index in [-0.39, 0.29) is 11.0 Å². The first-order valence-corrected chi connectivity index (χ1v) is 8.06. The van der Waals surface area contributed by atoms with E-state index in [2.05, 4.69) is 15.0 Å². The summed E-state index contributed by atoms with van der Waals surface area (Å²) in [6.07, 6.45) is 1.51. The minimum absolute atomic E-state index is 0.171. The van der Waals surface area contributed by atoms with Crippen LogP contribution >= 0.6 is 11.3 Å². The number of fused-ring (bicyclic) bond motifs is 1. The lowest BCUT2D eigenvalue weighted by Crippen LogP contribution is -2.22. The van der Waals surface area contributed by atoms with Crippen LogP contribution in [-0.2, 0) is 16.4 Å². The Kier molecular flexibility index (Phi) is 3.58. The van der Waals surface area contributed by atoms with E-state index >= 15 is 0 Å². The van der Waals surface area contributed by atoms with Gasteiger partial charge in [-0.1, -0.05) is 11.3 Å². The zero-order chi connectivity index (χ0) is 13.3. The predicted molar refractivity (Wildman–Crippen MR) is 70.4 cm³/mol. The van der Waals surface area contributed by atoms with Gasteiger partial charge in [0.2, 0.25) is 10.0 Å². The van der Waals surface area contributed by atoms with E-state index in [4.69, 9.17) is 0 Å². The van der Waals surface area contributed by atoms with E-state index in [1.54, 1.807) is 13.8 Å². The summed E-state index contributed by atoms with van der Waals surface area (Å²) in [6.45, 7) is 3.82. The van der Waals surface area contributed by atoms with E-state index in [1.165, 1.54) is 0 Å². The van der Waals surface area contributed by atoms with Gasteiger partial charge in [0.1, 0.15) is 4.88 Å². The lowest BCUT2D eigenvalue weighted by atomic mass is 10.2. The van der Waals surface area contributed by atoms with Crippen LogP contribution in [0.2, 0.25) is 0 Å². The Morgan fingerprint density at radius 2 is 2.17 bits per heavy atom. The van der Waals surface area contributed by atoms with Crippen LogP contribution in [0, 0.1) is 0 Å². The van der Waals surface area contributed by atoms with Crippen molar-refractivity contribution in [1.29, 1.82) is 0 Å². The highest BCUT2D eigenvalue weighted by molar-refractivity contribution is 7.93. The second-order valence-corrected chi connectivity index (χ2v) is 7.59. The van der Waals surface area contributed by atoms with E-state index in [0.717, 1.165) is 17.8 Å². The molecular weight excluding hydrogens is 274 g/mol. The molecule has 8 heteroatoms. The van der Waals surface area contributed by atoms with Gasteiger partial charge in [-0.3, -0.25) is 9.52 Å². The molecule has 2 rings (SSSR count). The Morgan fingerprint density at radius 1 is 1.44 bits per heavy atom. The van der Waals surface area contributed by atoms with Gasteiger partial charge in [-0.15, -0.1) is 0 Å². The molecule has 0 radical (unpaired) electrons. The van der Waals surface area contributed by atoms with Gasteiger partial charge in [-0.2, -0.15) is 0 Å². The largest absolute Gasteiger partial charge is 0.351 e. The number of thiazole rings is 1. The minimum atomic E-state index is -3.41. The third-order valence-corrected chi connectivity index (χ3v) is 5.49. The molecule has 0 saturated heterocycles. The molecule has 0 spiro atoms. The molecule has 1 aliphatic rings. The van der Waals surface area contributed by atoms with Crippen molar-refractivity contribution in [3.05, 3.63) is 10.6 Å². The van der Waals surface area contributed by atoms with Crippen molar-refractivity contribution in [3.63, 3.8) is 0 Å². The number of sulfonamides is 1. The zero-order valence-corrected chi connectivity index (χ0v) is 11.8. The standard InChI is InChI=1S/C10H15N3O3S2/c1-6(2)18(15,16)13-10-12-7-4-3-5-11-9(14)8(7)17-10/h6H,3-5H2,1-2H3,(H,11,14)(H,12,13). The molecular formula is C10H15N3O3S2. The van der Waals surface area contributed by atoms with E-state index in [0.29, 0.717) is 23.5 Å². The molecule has 1 amide bonds. The highest BCUT2D eigenvalue weighted by Crippen LogP contribution is 2.26. The summed E-state index contributed by atoms with van der Waals surface area (Å²) in [5.74, 6) is -0.171. The van der Waals surface area contributed by atoms with Gasteiger partial charge in [0, 0.05) is 6.54 Å². The highest BCUT2D eigenvalue weighted by atomic mass is 32.2. The average molecular weight is 289 g/mol. The summed E-state index contributed by atoms with van der Waals surface area (Å²) < 4.78 is 25.8. The highest BCUT2D eigenvalue weighted by Gasteiger charge is 2.23. The first-order chi connectivity index (χ1) is 8.40. The predicted octanol–water partition coefficient (Wildman–Crippen LogP) is 0.969. The van der Waals surface area contributed by atoms with Crippen LogP contribution in [-0.4, -0.2) is 31.1 Å². The maximum Gasteiger partial charge on any atom is 0.263 e. The Balaban J connectivity index is 2.28. The topological polar surface area (TPSA) is 88.2 Å². The van der Waals surface area contributed by atoms with Gasteiger partial charge in [-0.25, -0.2) is 13.4 Å². The van der Waals surface area contributed by atoms with Gasteiger partial charge >= 0.3 is 0 Å². The summed E-state index contributed by atoms with van der Waals surface area (Å²) in [4.78, 5) is 16.4. The Labute approximate surface area is 110 Å². The maximum atomic E-state index is 11.7. The molecule has 1 aromatic heterocycles. The number of anilines is 1. The van der Waals surface area contributed by atoms with E-state index < -0.39 is 15.3 Å². The fourth-order valence-electron chi connectivity index (χ4n) is 1.52. The number of carbonyl (C=O) groups excluding carboxylic acids is 1. The number of aromatic nitrogens is 1. The molecule has 1 aromatic rings. The van der Waals surface area contributed by atoms with Crippen molar-refractivity contribution in [2.75, 3.05) is 11.3 Å². The molecule has 100 valence electrons. The molecule has 6 nitrogen and oxygen atoms in total. The monoisotopic (exact) mass is 289 g/mol. The molecule has 18 heavy (non-hydrogen) atoms. The molecule has 0 aromatic carbocycles. The second-order valence-electron chi connectivity index (χ2n) is 4.35. The van der Waals surface area contributed by atoms with Gasteiger partial charge in [0.15, 0.2) is 5.13 Å². The fraction of sp³-hybridized carbons (Fsp3) is 0.600. The second kappa shape index (κ2) is 4.85. The molecule has 0 aliphatic carbocycles. The maximum absolute atomic E-state index is 11.7. The molecule has 0 atom stereocenters. The summed E-state index contributed by atoms with van der Waals surface area (Å²) in [5.41, 5.74) is 0.677. The quantitative estimate of drug-likeness (QED) is 0.868. The zero-order valence-electron chi connectivity index (χ0n) is 10.2. The number of rotatable bonds is 3. The van der Waals surface area contributed by atoms with Gasteiger partial charge < -0.3 is 5.32 Å². The third kappa shape index (κ3) is 2.64. The van der Waals surface area contributed by atoms with Crippen LogP contribution in [0.5, 0.6) is 0 Å². The van der Waals surface area contributed by atoms with Crippen molar-refractivity contribution >= 4 is 32.4 Å². The Morgan fingerprint density at radius 3 is 2.83 bits per heavy atom. The normalized spacial score (nSPS) is 16.1. The first kappa shape index (κ1) is 13.3. The molecule has 0 bridgehead atoms. The van der Waals surface area contributed by atoms with Gasteiger partial charge in [0.05, 0.1) is 10.9 Å². The lowest BCUT2D eigenvalue weighted by molar-refractivity contribution is 0.0960. The molecule has 0 unspecified atom stereocenters. The number of hydrogen-bond acceptors (Lipinski definition) is 5. The van der Waals surface area contributed by atoms with Crippen LogP contribution in [0.15, 0.2) is 0 Å². The number of nitrogens with one attached hydrogen (secondary N) is 2. The third-order valence-electron chi connectivity index (χ3n) is 2.63. The smallest absolute Gasteiger partial charge is 0.263 e. The van der Waals surface area contributed by atoms with Gasteiger partial charge in [-0.05, 0) is 26.7 Å². The molecule has 2 N–H and O–H groups in total. The van der Waals surface area contributed by atoms with Crippen LogP contribution in [0.3, 0.4) is 0 Å². The Hall–Kier alpha value is -1.15. The summed E-state index contributed by atoms with van der Waals surface area (Å²) in [7, 11) is -3.41. The number of aryl methyl sites for hydroxylation is 1. The summed E-state index contributed by atoms with van der Waals surface area (Å²) in [6, 6.07) is 0. The number of nitrogens with zero attached hydrogens (tertiary/aromatic N) is 1. The van der Waals surface area contributed by atoms with E-state index in [9.17, 15) is 13.2 Å². The fourth-order valence-corrected chi connectivity index (χ4v) is 3.34. The van der Waals surface area contributed by atoms with Crippen LogP contribution in [0.1, 0.15) is 35.6 Å². The van der Waals surface area contributed by atoms with Crippen LogP contribution in [0.25, 0.3) is 0 Å². The minimum Gasteiger partial charge on any atom is -0.351 e. The van der Waals surface area contributed by atoms with Crippen molar-refractivity contribution in [2.45, 2.75) is 31.9 Å². The van der Waals surface area contributed by atoms with Crippen molar-refractivity contribution in [3.8, 4) is 0 Å². The molecule has 2 heterocycles. The lowest BCUT2D eigenvalue weighted by Gasteiger charge is -2.07. The first-order valence-electron chi connectivity index (χ1n) is 5.69. The van der Waals surface area contributed by atoms with E-state index in [1.807, 2.05) is 0 Å². The summed E-state index contributed by atoms with van der Waals surface area (Å²) >= 11 is 1.09. The Bertz CT molecular complexity index is 563. The average Bonchev–Trinajstić information content (AvgIpc) is 2.58. The SMILES string of the molecule is CC(C)S(=O)(=O)Nc1nc2c(s1)C(=O)NCCC2. The molecule has 1 aliphatic heterocycles. The van der Waals surface area contributed by atoms with Crippen LogP contribution < -0.4 is 10.0 Å². The number of amides is 1.